The lowest BCUT2D eigenvalue weighted by Crippen LogP contribution is -2.03. The Labute approximate surface area is 112 Å². The molecule has 1 N–H and O–H groups in total. The SMILES string of the molecule is Cc1cc(C(=O)O)c(C)n1-c1cc(F)ccc1Br. The van der Waals surface area contributed by atoms with Crippen molar-refractivity contribution in [1.29, 1.82) is 0 Å². The number of nitrogens with zero attached hydrogens (tertiary/aromatic N) is 1. The molecular formula is C13H11BrFNO2. The molecule has 0 fully saturated rings. The normalized spacial score (nSPS) is 10.7. The van der Waals surface area contributed by atoms with E-state index in [2.05, 4.69) is 15.9 Å². The Morgan fingerprint density at radius 1 is 1.33 bits per heavy atom. The maximum Gasteiger partial charge on any atom is 0.337 e. The number of halogens is 2. The van der Waals surface area contributed by atoms with E-state index >= 15 is 0 Å². The summed E-state index contributed by atoms with van der Waals surface area (Å²) in [7, 11) is 0. The standard InChI is InChI=1S/C13H11BrFNO2/c1-7-5-10(13(17)18)8(2)16(7)12-6-9(15)3-4-11(12)14/h3-6H,1-2H3,(H,17,18). The summed E-state index contributed by atoms with van der Waals surface area (Å²) in [6.45, 7) is 3.49. The van der Waals surface area contributed by atoms with Gasteiger partial charge in [-0.2, -0.15) is 0 Å². The average Bonchev–Trinajstić information content (AvgIpc) is 2.58. The highest BCUT2D eigenvalue weighted by molar-refractivity contribution is 9.10. The predicted octanol–water partition coefficient (Wildman–Crippen LogP) is 3.69. The third kappa shape index (κ3) is 2.06. The molecule has 0 saturated heterocycles. The first-order valence-corrected chi connectivity index (χ1v) is 6.08. The number of hydrogen-bond donors (Lipinski definition) is 1. The molecule has 0 radical (unpaired) electrons. The first-order valence-electron chi connectivity index (χ1n) is 5.29. The van der Waals surface area contributed by atoms with Crippen molar-refractivity contribution >= 4 is 21.9 Å². The molecule has 2 rings (SSSR count). The van der Waals surface area contributed by atoms with Crippen molar-refractivity contribution < 1.29 is 14.3 Å². The van der Waals surface area contributed by atoms with Crippen LogP contribution in [0.15, 0.2) is 28.7 Å². The molecule has 18 heavy (non-hydrogen) atoms. The van der Waals surface area contributed by atoms with E-state index in [4.69, 9.17) is 5.11 Å². The number of carboxylic acids is 1. The molecule has 94 valence electrons. The molecule has 0 aliphatic heterocycles. The van der Waals surface area contributed by atoms with Gasteiger partial charge in [0, 0.05) is 15.9 Å². The van der Waals surface area contributed by atoms with Crippen molar-refractivity contribution in [3.63, 3.8) is 0 Å². The van der Waals surface area contributed by atoms with Gasteiger partial charge in [0.2, 0.25) is 0 Å². The third-order valence-corrected chi connectivity index (χ3v) is 3.48. The molecule has 0 aliphatic rings. The summed E-state index contributed by atoms with van der Waals surface area (Å²) < 4.78 is 15.7. The van der Waals surface area contributed by atoms with E-state index in [1.807, 2.05) is 0 Å². The molecule has 0 amide bonds. The first-order chi connectivity index (χ1) is 8.41. The van der Waals surface area contributed by atoms with Crippen molar-refractivity contribution in [2.75, 3.05) is 0 Å². The number of aromatic nitrogens is 1. The lowest BCUT2D eigenvalue weighted by Gasteiger charge is -2.11. The van der Waals surface area contributed by atoms with Gasteiger partial charge in [-0.3, -0.25) is 0 Å². The molecule has 2 aromatic rings. The number of hydrogen-bond acceptors (Lipinski definition) is 1. The van der Waals surface area contributed by atoms with Crippen molar-refractivity contribution in [2.45, 2.75) is 13.8 Å². The van der Waals surface area contributed by atoms with Gasteiger partial charge in [0.05, 0.1) is 11.3 Å². The molecule has 0 saturated carbocycles. The zero-order chi connectivity index (χ0) is 13.4. The first kappa shape index (κ1) is 12.8. The highest BCUT2D eigenvalue weighted by atomic mass is 79.9. The van der Waals surface area contributed by atoms with Crippen LogP contribution in [-0.2, 0) is 0 Å². The van der Waals surface area contributed by atoms with Crippen LogP contribution in [0.2, 0.25) is 0 Å². The Morgan fingerprint density at radius 3 is 2.56 bits per heavy atom. The third-order valence-electron chi connectivity index (χ3n) is 2.81. The minimum Gasteiger partial charge on any atom is -0.478 e. The summed E-state index contributed by atoms with van der Waals surface area (Å²) in [5.74, 6) is -1.35. The lowest BCUT2D eigenvalue weighted by atomic mass is 10.2. The van der Waals surface area contributed by atoms with Crippen LogP contribution < -0.4 is 0 Å². The van der Waals surface area contributed by atoms with Gasteiger partial charge in [0.15, 0.2) is 0 Å². The fraction of sp³-hybridized carbons (Fsp3) is 0.154. The molecule has 1 aromatic heterocycles. The molecule has 0 atom stereocenters. The van der Waals surface area contributed by atoms with E-state index in [0.29, 0.717) is 15.9 Å². The molecule has 3 nitrogen and oxygen atoms in total. The molecule has 1 aromatic carbocycles. The molecule has 0 unspecified atom stereocenters. The molecule has 5 heteroatoms. The highest BCUT2D eigenvalue weighted by Crippen LogP contribution is 2.27. The topological polar surface area (TPSA) is 42.2 Å². The van der Waals surface area contributed by atoms with E-state index < -0.39 is 5.97 Å². The van der Waals surface area contributed by atoms with Crippen LogP contribution in [0.25, 0.3) is 5.69 Å². The fourth-order valence-corrected chi connectivity index (χ4v) is 2.43. The molecule has 0 aliphatic carbocycles. The van der Waals surface area contributed by atoms with Crippen molar-refractivity contribution in [1.82, 2.24) is 4.57 Å². The lowest BCUT2D eigenvalue weighted by molar-refractivity contribution is 0.0696. The summed E-state index contributed by atoms with van der Waals surface area (Å²) in [5, 5.41) is 9.08. The maximum atomic E-state index is 13.3. The number of aryl methyl sites for hydroxylation is 1. The minimum absolute atomic E-state index is 0.226. The summed E-state index contributed by atoms with van der Waals surface area (Å²) in [6, 6.07) is 5.90. The number of carboxylic acid groups (broad SMARTS) is 1. The summed E-state index contributed by atoms with van der Waals surface area (Å²) in [4.78, 5) is 11.1. The van der Waals surface area contributed by atoms with Gasteiger partial charge in [-0.15, -0.1) is 0 Å². The maximum absolute atomic E-state index is 13.3. The molecule has 1 heterocycles. The number of benzene rings is 1. The van der Waals surface area contributed by atoms with Gasteiger partial charge >= 0.3 is 5.97 Å². The zero-order valence-electron chi connectivity index (χ0n) is 9.87. The highest BCUT2D eigenvalue weighted by Gasteiger charge is 2.17. The van der Waals surface area contributed by atoms with Crippen molar-refractivity contribution in [2.24, 2.45) is 0 Å². The average molecular weight is 312 g/mol. The Kier molecular flexibility index (Phi) is 3.26. The van der Waals surface area contributed by atoms with Crippen LogP contribution in [0.5, 0.6) is 0 Å². The van der Waals surface area contributed by atoms with Gasteiger partial charge in [0.1, 0.15) is 5.82 Å². The van der Waals surface area contributed by atoms with Crippen molar-refractivity contribution in [3.05, 3.63) is 51.5 Å². The molecule has 0 bridgehead atoms. The van der Waals surface area contributed by atoms with Crippen LogP contribution in [0.1, 0.15) is 21.7 Å². The van der Waals surface area contributed by atoms with Gasteiger partial charge in [0.25, 0.3) is 0 Å². The molecule has 0 spiro atoms. The second-order valence-electron chi connectivity index (χ2n) is 4.02. The van der Waals surface area contributed by atoms with Crippen LogP contribution in [0.4, 0.5) is 4.39 Å². The Balaban J connectivity index is 2.71. The summed E-state index contributed by atoms with van der Waals surface area (Å²) in [5.41, 5.74) is 2.14. The summed E-state index contributed by atoms with van der Waals surface area (Å²) in [6.07, 6.45) is 0. The smallest absolute Gasteiger partial charge is 0.337 e. The van der Waals surface area contributed by atoms with E-state index in [9.17, 15) is 9.18 Å². The number of aromatic carboxylic acids is 1. The van der Waals surface area contributed by atoms with Gasteiger partial charge in [-0.05, 0) is 54.0 Å². The quantitative estimate of drug-likeness (QED) is 0.919. The largest absolute Gasteiger partial charge is 0.478 e. The Bertz CT molecular complexity index is 634. The number of rotatable bonds is 2. The zero-order valence-corrected chi connectivity index (χ0v) is 11.5. The minimum atomic E-state index is -0.984. The summed E-state index contributed by atoms with van der Waals surface area (Å²) >= 11 is 3.35. The van der Waals surface area contributed by atoms with E-state index in [1.54, 1.807) is 30.5 Å². The van der Waals surface area contributed by atoms with Gasteiger partial charge in [-0.25, -0.2) is 9.18 Å². The van der Waals surface area contributed by atoms with Gasteiger partial charge in [-0.1, -0.05) is 0 Å². The van der Waals surface area contributed by atoms with E-state index in [-0.39, 0.29) is 11.4 Å². The fourth-order valence-electron chi connectivity index (χ4n) is 2.01. The number of carbonyl (C=O) groups is 1. The van der Waals surface area contributed by atoms with Crippen LogP contribution in [0.3, 0.4) is 0 Å². The second-order valence-corrected chi connectivity index (χ2v) is 4.88. The van der Waals surface area contributed by atoms with E-state index in [1.165, 1.54) is 12.1 Å². The molecular weight excluding hydrogens is 301 g/mol. The van der Waals surface area contributed by atoms with Crippen LogP contribution >= 0.6 is 15.9 Å². The van der Waals surface area contributed by atoms with Crippen LogP contribution in [-0.4, -0.2) is 15.6 Å². The van der Waals surface area contributed by atoms with Crippen molar-refractivity contribution in [3.8, 4) is 5.69 Å². The Morgan fingerprint density at radius 2 is 2.00 bits per heavy atom. The van der Waals surface area contributed by atoms with Gasteiger partial charge < -0.3 is 9.67 Å². The predicted molar refractivity (Wildman–Crippen MR) is 69.9 cm³/mol. The monoisotopic (exact) mass is 311 g/mol. The second kappa shape index (κ2) is 4.57. The van der Waals surface area contributed by atoms with Crippen LogP contribution in [0, 0.1) is 19.7 Å². The Hall–Kier alpha value is -1.62. The van der Waals surface area contributed by atoms with E-state index in [0.717, 1.165) is 5.69 Å².